The van der Waals surface area contributed by atoms with Gasteiger partial charge in [-0.1, -0.05) is 25.4 Å². The molecule has 3 aliphatic heterocycles. The molecule has 2 fully saturated rings. The summed E-state index contributed by atoms with van der Waals surface area (Å²) in [5, 5.41) is 6.75. The lowest BCUT2D eigenvalue weighted by Gasteiger charge is -2.30. The number of methoxy groups -OCH3 is 1. The molecule has 0 radical (unpaired) electrons. The number of anilines is 1. The van der Waals surface area contributed by atoms with Gasteiger partial charge in [0.15, 0.2) is 0 Å². The molecule has 28 heavy (non-hydrogen) atoms. The number of imide groups is 1. The number of nitrogens with one attached hydrogen (secondary N) is 2. The largest absolute Gasteiger partial charge is 0.383 e. The number of nitrogens with zero attached hydrogens (tertiary/aromatic N) is 1. The maximum Gasteiger partial charge on any atom is 0.250 e. The number of likely N-dealkylation sites (tertiary alicyclic amines) is 1. The minimum absolute atomic E-state index is 0.190. The van der Waals surface area contributed by atoms with Gasteiger partial charge in [0.25, 0.3) is 0 Å². The van der Waals surface area contributed by atoms with Crippen LogP contribution in [0.1, 0.15) is 25.8 Å². The molecule has 1 spiro atoms. The summed E-state index contributed by atoms with van der Waals surface area (Å²) in [5.41, 5.74) is -0.0126. The van der Waals surface area contributed by atoms with E-state index in [9.17, 15) is 14.4 Å². The normalized spacial score (nSPS) is 31.1. The lowest BCUT2D eigenvalue weighted by atomic mass is 9.76. The summed E-state index contributed by atoms with van der Waals surface area (Å²) in [5.74, 6) is -1.94. The predicted molar refractivity (Wildman–Crippen MR) is 104 cm³/mol. The standard InChI is InChI=1S/C20H24ClN3O4/c1-10(2)8-14-15-16(18(26)24(17(15)25)6-7-28-3)20(23-14)12-9-11(21)4-5-13(12)22-19(20)27/h4-5,9-10,14-16,23H,6-8H2,1-3H3,(H,22,27)/t14-,15-,16+,20+/m1/s1. The quantitative estimate of drug-likeness (QED) is 0.729. The first-order valence-electron chi connectivity index (χ1n) is 9.54. The van der Waals surface area contributed by atoms with Crippen LogP contribution in [0.15, 0.2) is 18.2 Å². The van der Waals surface area contributed by atoms with Gasteiger partial charge >= 0.3 is 0 Å². The van der Waals surface area contributed by atoms with Gasteiger partial charge in [-0.15, -0.1) is 0 Å². The van der Waals surface area contributed by atoms with E-state index in [1.54, 1.807) is 18.2 Å². The molecule has 2 N–H and O–H groups in total. The van der Waals surface area contributed by atoms with Crippen molar-refractivity contribution in [2.75, 3.05) is 25.6 Å². The smallest absolute Gasteiger partial charge is 0.250 e. The van der Waals surface area contributed by atoms with Crippen LogP contribution in [-0.4, -0.2) is 48.9 Å². The molecule has 3 heterocycles. The molecule has 2 saturated heterocycles. The summed E-state index contributed by atoms with van der Waals surface area (Å²) in [6.45, 7) is 4.58. The molecular formula is C20H24ClN3O4. The van der Waals surface area contributed by atoms with Crippen molar-refractivity contribution < 1.29 is 19.1 Å². The molecule has 0 aliphatic carbocycles. The first-order valence-corrected chi connectivity index (χ1v) is 9.92. The molecule has 1 aromatic carbocycles. The summed E-state index contributed by atoms with van der Waals surface area (Å²) in [4.78, 5) is 40.9. The molecule has 0 aromatic heterocycles. The average Bonchev–Trinajstić information content (AvgIpc) is 3.19. The molecule has 3 aliphatic rings. The molecule has 3 amide bonds. The Balaban J connectivity index is 1.84. The molecule has 0 unspecified atom stereocenters. The van der Waals surface area contributed by atoms with E-state index >= 15 is 0 Å². The molecule has 8 heteroatoms. The summed E-state index contributed by atoms with van der Waals surface area (Å²) >= 11 is 6.21. The monoisotopic (exact) mass is 405 g/mol. The molecule has 0 saturated carbocycles. The number of rotatable bonds is 5. The lowest BCUT2D eigenvalue weighted by molar-refractivity contribution is -0.143. The van der Waals surface area contributed by atoms with Gasteiger partial charge in [-0.05, 0) is 30.5 Å². The van der Waals surface area contributed by atoms with Gasteiger partial charge in [0.05, 0.1) is 25.0 Å². The van der Waals surface area contributed by atoms with Gasteiger partial charge in [0.1, 0.15) is 5.54 Å². The van der Waals surface area contributed by atoms with Gasteiger partial charge in [-0.3, -0.25) is 24.6 Å². The first-order chi connectivity index (χ1) is 13.3. The third-order valence-electron chi connectivity index (χ3n) is 6.01. The molecule has 4 rings (SSSR count). The summed E-state index contributed by atoms with van der Waals surface area (Å²) in [7, 11) is 1.53. The van der Waals surface area contributed by atoms with E-state index in [2.05, 4.69) is 24.5 Å². The number of ether oxygens (including phenoxy) is 1. The average molecular weight is 406 g/mol. The number of halogens is 1. The van der Waals surface area contributed by atoms with E-state index in [1.807, 2.05) is 0 Å². The zero-order valence-electron chi connectivity index (χ0n) is 16.1. The van der Waals surface area contributed by atoms with E-state index in [0.717, 1.165) is 0 Å². The van der Waals surface area contributed by atoms with Crippen LogP contribution in [0, 0.1) is 17.8 Å². The van der Waals surface area contributed by atoms with Crippen molar-refractivity contribution in [1.29, 1.82) is 0 Å². The number of benzene rings is 1. The number of carbonyl (C=O) groups is 3. The number of amides is 3. The molecule has 150 valence electrons. The second kappa shape index (κ2) is 6.83. The fourth-order valence-corrected chi connectivity index (χ4v) is 5.12. The highest BCUT2D eigenvalue weighted by Gasteiger charge is 2.70. The zero-order chi connectivity index (χ0) is 20.2. The Morgan fingerprint density at radius 3 is 2.68 bits per heavy atom. The van der Waals surface area contributed by atoms with Crippen LogP contribution in [0.3, 0.4) is 0 Å². The fraction of sp³-hybridized carbons (Fsp3) is 0.550. The van der Waals surface area contributed by atoms with E-state index < -0.39 is 17.4 Å². The van der Waals surface area contributed by atoms with Crippen molar-refractivity contribution in [3.8, 4) is 0 Å². The van der Waals surface area contributed by atoms with Crippen LogP contribution in [-0.2, 0) is 24.7 Å². The maximum absolute atomic E-state index is 13.3. The Labute approximate surface area is 168 Å². The Morgan fingerprint density at radius 2 is 2.00 bits per heavy atom. The van der Waals surface area contributed by atoms with Gasteiger partial charge in [-0.2, -0.15) is 0 Å². The number of hydrogen-bond acceptors (Lipinski definition) is 5. The van der Waals surface area contributed by atoms with Crippen LogP contribution in [0.2, 0.25) is 5.02 Å². The highest BCUT2D eigenvalue weighted by molar-refractivity contribution is 6.31. The van der Waals surface area contributed by atoms with Crippen LogP contribution in [0.5, 0.6) is 0 Å². The number of hydrogen-bond donors (Lipinski definition) is 2. The predicted octanol–water partition coefficient (Wildman–Crippen LogP) is 1.75. The SMILES string of the molecule is COCCN1C(=O)[C@H]2[C@@H](C1=O)[C@]1(N[C@@H]2CC(C)C)C(=O)Nc2ccc(Cl)cc21. The molecular weight excluding hydrogens is 382 g/mol. The Bertz CT molecular complexity index is 858. The highest BCUT2D eigenvalue weighted by Crippen LogP contribution is 2.54. The third-order valence-corrected chi connectivity index (χ3v) is 6.25. The van der Waals surface area contributed by atoms with Crippen LogP contribution < -0.4 is 10.6 Å². The Hall–Kier alpha value is -1.96. The van der Waals surface area contributed by atoms with Crippen molar-refractivity contribution in [3.63, 3.8) is 0 Å². The summed E-state index contributed by atoms with van der Waals surface area (Å²) < 4.78 is 5.07. The van der Waals surface area contributed by atoms with Gasteiger partial charge < -0.3 is 10.1 Å². The van der Waals surface area contributed by atoms with Gasteiger partial charge in [-0.25, -0.2) is 0 Å². The molecule has 1 aromatic rings. The number of fused-ring (bicyclic) bond motifs is 4. The Morgan fingerprint density at radius 1 is 1.25 bits per heavy atom. The Kier molecular flexibility index (Phi) is 4.72. The molecule has 0 bridgehead atoms. The minimum Gasteiger partial charge on any atom is -0.383 e. The van der Waals surface area contributed by atoms with E-state index in [1.165, 1.54) is 12.0 Å². The fourth-order valence-electron chi connectivity index (χ4n) is 4.95. The van der Waals surface area contributed by atoms with Crippen LogP contribution in [0.4, 0.5) is 5.69 Å². The summed E-state index contributed by atoms with van der Waals surface area (Å²) in [6, 6.07) is 4.88. The zero-order valence-corrected chi connectivity index (χ0v) is 16.9. The van der Waals surface area contributed by atoms with Crippen molar-refractivity contribution in [3.05, 3.63) is 28.8 Å². The topological polar surface area (TPSA) is 87.7 Å². The summed E-state index contributed by atoms with van der Waals surface area (Å²) in [6.07, 6.45) is 0.684. The highest BCUT2D eigenvalue weighted by atomic mass is 35.5. The number of carbonyl (C=O) groups excluding carboxylic acids is 3. The van der Waals surface area contributed by atoms with Crippen LogP contribution in [0.25, 0.3) is 0 Å². The van der Waals surface area contributed by atoms with Crippen molar-refractivity contribution in [2.45, 2.75) is 31.8 Å². The lowest BCUT2D eigenvalue weighted by Crippen LogP contribution is -2.53. The third kappa shape index (κ3) is 2.60. The first kappa shape index (κ1) is 19.4. The second-order valence-electron chi connectivity index (χ2n) is 8.16. The maximum atomic E-state index is 13.3. The van der Waals surface area contributed by atoms with Crippen molar-refractivity contribution in [2.24, 2.45) is 17.8 Å². The van der Waals surface area contributed by atoms with E-state index in [4.69, 9.17) is 16.3 Å². The molecule has 7 nitrogen and oxygen atoms in total. The van der Waals surface area contributed by atoms with E-state index in [-0.39, 0.29) is 36.9 Å². The van der Waals surface area contributed by atoms with Crippen molar-refractivity contribution in [1.82, 2.24) is 10.2 Å². The van der Waals surface area contributed by atoms with Crippen LogP contribution >= 0.6 is 11.6 Å². The van der Waals surface area contributed by atoms with Gasteiger partial charge in [0, 0.05) is 29.4 Å². The van der Waals surface area contributed by atoms with Gasteiger partial charge in [0.2, 0.25) is 17.7 Å². The van der Waals surface area contributed by atoms with E-state index in [0.29, 0.717) is 28.6 Å². The van der Waals surface area contributed by atoms with Crippen molar-refractivity contribution >= 4 is 35.0 Å². The molecule has 4 atom stereocenters. The second-order valence-corrected chi connectivity index (χ2v) is 8.59. The minimum atomic E-state index is -1.28.